The second-order valence-electron chi connectivity index (χ2n) is 6.12. The molecule has 0 spiro atoms. The highest BCUT2D eigenvalue weighted by atomic mass is 32.2. The van der Waals surface area contributed by atoms with Gasteiger partial charge in [0.05, 0.1) is 13.0 Å². The van der Waals surface area contributed by atoms with Crippen LogP contribution in [0.5, 0.6) is 0 Å². The summed E-state index contributed by atoms with van der Waals surface area (Å²) in [7, 11) is 0. The molecule has 0 bridgehead atoms. The number of carboxylic acid groups (broad SMARTS) is 1. The van der Waals surface area contributed by atoms with Gasteiger partial charge in [0, 0.05) is 17.7 Å². The van der Waals surface area contributed by atoms with E-state index in [-0.39, 0.29) is 24.7 Å². The van der Waals surface area contributed by atoms with Crippen molar-refractivity contribution >= 4 is 28.8 Å². The molecule has 0 aliphatic carbocycles. The minimum Gasteiger partial charge on any atom is -0.481 e. The van der Waals surface area contributed by atoms with E-state index in [0.717, 1.165) is 5.75 Å². The van der Waals surface area contributed by atoms with E-state index < -0.39 is 23.4 Å². The largest absolute Gasteiger partial charge is 0.481 e. The second-order valence-corrected chi connectivity index (χ2v) is 7.14. The van der Waals surface area contributed by atoms with Crippen LogP contribution in [0.15, 0.2) is 30.3 Å². The molecular weight excluding hydrogens is 358 g/mol. The first-order valence-corrected chi connectivity index (χ1v) is 8.88. The number of carboxylic acids is 1. The molecule has 0 aromatic heterocycles. The molecule has 1 amide bonds. The van der Waals surface area contributed by atoms with Gasteiger partial charge in [-0.05, 0) is 5.56 Å². The van der Waals surface area contributed by atoms with E-state index in [4.69, 9.17) is 21.4 Å². The minimum absolute atomic E-state index is 0.0350. The summed E-state index contributed by atoms with van der Waals surface area (Å²) in [5.74, 6) is -0.905. The zero-order chi connectivity index (χ0) is 20.2. The van der Waals surface area contributed by atoms with E-state index in [1.807, 2.05) is 30.3 Å². The summed E-state index contributed by atoms with van der Waals surface area (Å²) in [6, 6.07) is 9.99. The first-order chi connectivity index (χ1) is 12.1. The number of rotatable bonds is 8. The number of amidine groups is 1. The van der Waals surface area contributed by atoms with Crippen LogP contribution in [-0.4, -0.2) is 51.6 Å². The zero-order valence-electron chi connectivity index (χ0n) is 14.9. The fraction of sp³-hybridized carbons (Fsp3) is 0.471. The Morgan fingerprint density at radius 1 is 1.31 bits per heavy atom. The number of aliphatic hydroxyl groups excluding tert-OH is 2. The van der Waals surface area contributed by atoms with Crippen molar-refractivity contribution in [1.29, 1.82) is 5.41 Å². The number of carbonyl (C=O) groups is 2. The van der Waals surface area contributed by atoms with Gasteiger partial charge < -0.3 is 26.4 Å². The van der Waals surface area contributed by atoms with E-state index in [0.29, 0.717) is 0 Å². The summed E-state index contributed by atoms with van der Waals surface area (Å²) in [4.78, 5) is 21.4. The number of hydrogen-bond acceptors (Lipinski definition) is 6. The lowest BCUT2D eigenvalue weighted by molar-refractivity contribution is -0.138. The number of aliphatic carboxylic acids is 1. The van der Waals surface area contributed by atoms with Crippen LogP contribution in [0.4, 0.5) is 0 Å². The van der Waals surface area contributed by atoms with Gasteiger partial charge in [0.15, 0.2) is 5.17 Å². The molecular formula is C17H27N3O5S. The summed E-state index contributed by atoms with van der Waals surface area (Å²) in [5, 5.41) is 36.1. The molecule has 8 nitrogen and oxygen atoms in total. The Morgan fingerprint density at radius 2 is 1.88 bits per heavy atom. The Morgan fingerprint density at radius 3 is 2.35 bits per heavy atom. The van der Waals surface area contributed by atoms with E-state index in [2.05, 4.69) is 5.32 Å². The average Bonchev–Trinajstić information content (AvgIpc) is 2.60. The number of benzene rings is 1. The van der Waals surface area contributed by atoms with Crippen molar-refractivity contribution in [1.82, 2.24) is 5.32 Å². The summed E-state index contributed by atoms with van der Waals surface area (Å²) in [6.45, 7) is 2.70. The Bertz CT molecular complexity index is 581. The highest BCUT2D eigenvalue weighted by Gasteiger charge is 2.32. The number of nitrogens with one attached hydrogen (secondary N) is 2. The molecule has 0 radical (unpaired) electrons. The molecule has 0 saturated heterocycles. The Kier molecular flexibility index (Phi) is 11.3. The first kappa shape index (κ1) is 23.9. The van der Waals surface area contributed by atoms with Crippen molar-refractivity contribution < 1.29 is 24.9 Å². The van der Waals surface area contributed by atoms with Gasteiger partial charge in [-0.1, -0.05) is 55.9 Å². The Labute approximate surface area is 157 Å². The van der Waals surface area contributed by atoms with Crippen LogP contribution in [0.2, 0.25) is 0 Å². The highest BCUT2D eigenvalue weighted by molar-refractivity contribution is 8.13. The van der Waals surface area contributed by atoms with Gasteiger partial charge in [-0.2, -0.15) is 0 Å². The molecule has 9 heteroatoms. The molecule has 26 heavy (non-hydrogen) atoms. The first-order valence-electron chi connectivity index (χ1n) is 7.89. The van der Waals surface area contributed by atoms with E-state index in [1.165, 1.54) is 31.2 Å². The predicted octanol–water partition coefficient (Wildman–Crippen LogP) is 0.770. The van der Waals surface area contributed by atoms with E-state index in [1.54, 1.807) is 0 Å². The second kappa shape index (κ2) is 12.3. The topological polar surface area (TPSA) is 157 Å². The minimum atomic E-state index is -1.35. The van der Waals surface area contributed by atoms with Crippen LogP contribution >= 0.6 is 11.8 Å². The molecule has 0 saturated carbocycles. The molecule has 1 aromatic carbocycles. The monoisotopic (exact) mass is 385 g/mol. The van der Waals surface area contributed by atoms with Crippen molar-refractivity contribution in [2.45, 2.75) is 32.1 Å². The number of nitrogens with two attached hydrogens (primary N) is 1. The standard InChI is InChI=1S/C9H17NO5.C8H10N2S/c1-9(2,5-11)7(14)8(15)10-4-3-6(12)13;9-8(10)11-6-7-4-2-1-3-5-7/h7,11,14H,3-5H2,1-2H3,(H,10,15)(H,12,13);1-5H,6H2,(H3,9,10)/t7-;/m0./s1. The molecule has 7 N–H and O–H groups in total. The quantitative estimate of drug-likeness (QED) is 0.285. The predicted molar refractivity (Wildman–Crippen MR) is 102 cm³/mol. The van der Waals surface area contributed by atoms with Gasteiger partial charge in [0.1, 0.15) is 6.10 Å². The van der Waals surface area contributed by atoms with Crippen molar-refractivity contribution in [2.75, 3.05) is 13.2 Å². The third kappa shape index (κ3) is 10.7. The van der Waals surface area contributed by atoms with Crippen molar-refractivity contribution in [2.24, 2.45) is 11.1 Å². The molecule has 0 fully saturated rings. The van der Waals surface area contributed by atoms with Gasteiger partial charge in [-0.15, -0.1) is 0 Å². The molecule has 1 rings (SSSR count). The van der Waals surface area contributed by atoms with Crippen LogP contribution in [-0.2, 0) is 15.3 Å². The molecule has 0 aliphatic rings. The molecule has 0 unspecified atom stereocenters. The molecule has 0 aliphatic heterocycles. The highest BCUT2D eigenvalue weighted by Crippen LogP contribution is 2.19. The molecule has 146 valence electrons. The number of thioether (sulfide) groups is 1. The van der Waals surface area contributed by atoms with Crippen LogP contribution in [0, 0.1) is 10.8 Å². The van der Waals surface area contributed by atoms with Crippen LogP contribution in [0.1, 0.15) is 25.8 Å². The van der Waals surface area contributed by atoms with E-state index in [9.17, 15) is 14.7 Å². The number of amides is 1. The van der Waals surface area contributed by atoms with Gasteiger partial charge >= 0.3 is 5.97 Å². The lowest BCUT2D eigenvalue weighted by Crippen LogP contribution is -2.45. The van der Waals surface area contributed by atoms with Crippen molar-refractivity contribution in [3.05, 3.63) is 35.9 Å². The summed E-state index contributed by atoms with van der Waals surface area (Å²) in [6.07, 6.45) is -1.55. The fourth-order valence-electron chi connectivity index (χ4n) is 1.57. The normalized spacial score (nSPS) is 11.7. The maximum Gasteiger partial charge on any atom is 0.305 e. The van der Waals surface area contributed by atoms with E-state index >= 15 is 0 Å². The Balaban J connectivity index is 0.000000502. The van der Waals surface area contributed by atoms with Crippen LogP contribution < -0.4 is 11.1 Å². The summed E-state index contributed by atoms with van der Waals surface area (Å²) >= 11 is 1.35. The zero-order valence-corrected chi connectivity index (χ0v) is 15.8. The molecule has 1 atom stereocenters. The average molecular weight is 385 g/mol. The Hall–Kier alpha value is -2.10. The van der Waals surface area contributed by atoms with Gasteiger partial charge in [0.25, 0.3) is 0 Å². The van der Waals surface area contributed by atoms with Crippen molar-refractivity contribution in [3.63, 3.8) is 0 Å². The lowest BCUT2D eigenvalue weighted by atomic mass is 9.87. The summed E-state index contributed by atoms with van der Waals surface area (Å²) < 4.78 is 0. The maximum atomic E-state index is 11.3. The third-order valence-corrected chi connectivity index (χ3v) is 4.06. The summed E-state index contributed by atoms with van der Waals surface area (Å²) in [5.41, 5.74) is 5.45. The third-order valence-electron chi connectivity index (χ3n) is 3.27. The van der Waals surface area contributed by atoms with Gasteiger partial charge in [-0.3, -0.25) is 15.0 Å². The van der Waals surface area contributed by atoms with Crippen molar-refractivity contribution in [3.8, 4) is 0 Å². The number of hydrogen-bond donors (Lipinski definition) is 6. The molecule has 1 aromatic rings. The van der Waals surface area contributed by atoms with Crippen LogP contribution in [0.25, 0.3) is 0 Å². The smallest absolute Gasteiger partial charge is 0.305 e. The maximum absolute atomic E-state index is 11.3. The van der Waals surface area contributed by atoms with Crippen LogP contribution in [0.3, 0.4) is 0 Å². The molecule has 0 heterocycles. The van der Waals surface area contributed by atoms with Gasteiger partial charge in [0.2, 0.25) is 5.91 Å². The van der Waals surface area contributed by atoms with Gasteiger partial charge in [-0.25, -0.2) is 0 Å². The number of carbonyl (C=O) groups excluding carboxylic acids is 1. The number of aliphatic hydroxyl groups is 2. The lowest BCUT2D eigenvalue weighted by Gasteiger charge is -2.26. The SMILES string of the molecule is CC(C)(CO)[C@@H](O)C(=O)NCCC(=O)O.N=C(N)SCc1ccccc1. The fourth-order valence-corrected chi connectivity index (χ4v) is 2.08.